The summed E-state index contributed by atoms with van der Waals surface area (Å²) in [6.07, 6.45) is 10.1. The van der Waals surface area contributed by atoms with Crippen molar-refractivity contribution in [3.63, 3.8) is 0 Å². The smallest absolute Gasteiger partial charge is 0.137 e. The number of hydrogen-bond acceptors (Lipinski definition) is 5. The summed E-state index contributed by atoms with van der Waals surface area (Å²) in [6.45, 7) is 6.28. The van der Waals surface area contributed by atoms with Crippen LogP contribution in [0, 0.1) is 0 Å². The van der Waals surface area contributed by atoms with Crippen LogP contribution in [0.3, 0.4) is 0 Å². The van der Waals surface area contributed by atoms with Crippen LogP contribution in [0.1, 0.15) is 44.4 Å². The third kappa shape index (κ3) is 4.42. The van der Waals surface area contributed by atoms with E-state index in [1.54, 1.807) is 18.9 Å². The fourth-order valence-corrected chi connectivity index (χ4v) is 3.29. The lowest BCUT2D eigenvalue weighted by molar-refractivity contribution is 0.139. The van der Waals surface area contributed by atoms with Crippen molar-refractivity contribution >= 4 is 0 Å². The molecule has 0 unspecified atom stereocenters. The second-order valence-corrected chi connectivity index (χ2v) is 6.26. The minimum Gasteiger partial charge on any atom is -0.468 e. The Kier molecular flexibility index (Phi) is 5.82. The zero-order valence-electron chi connectivity index (χ0n) is 13.9. The molecule has 0 aliphatic carbocycles. The van der Waals surface area contributed by atoms with Crippen LogP contribution in [0.15, 0.2) is 35.5 Å². The number of piperidine rings is 1. The van der Waals surface area contributed by atoms with Crippen molar-refractivity contribution in [1.82, 2.24) is 25.0 Å². The number of aromatic nitrogens is 3. The molecular formula is C17H27N5O. The number of rotatable bonds is 8. The number of nitrogens with zero attached hydrogens (tertiary/aromatic N) is 4. The van der Waals surface area contributed by atoms with Gasteiger partial charge in [-0.15, -0.1) is 0 Å². The van der Waals surface area contributed by atoms with E-state index in [2.05, 4.69) is 33.3 Å². The molecule has 1 saturated heterocycles. The Labute approximate surface area is 137 Å². The summed E-state index contributed by atoms with van der Waals surface area (Å²) in [5, 5.41) is 7.91. The lowest BCUT2D eigenvalue weighted by atomic mass is 10.1. The molecule has 1 fully saturated rings. The van der Waals surface area contributed by atoms with Gasteiger partial charge in [-0.1, -0.05) is 13.3 Å². The fourth-order valence-electron chi connectivity index (χ4n) is 3.29. The second-order valence-electron chi connectivity index (χ2n) is 6.26. The van der Waals surface area contributed by atoms with Crippen LogP contribution in [0.2, 0.25) is 0 Å². The maximum Gasteiger partial charge on any atom is 0.137 e. The van der Waals surface area contributed by atoms with E-state index in [1.807, 2.05) is 10.7 Å². The Bertz CT molecular complexity index is 533. The van der Waals surface area contributed by atoms with Crippen molar-refractivity contribution in [2.45, 2.75) is 51.2 Å². The molecule has 3 heterocycles. The average Bonchev–Trinajstić information content (AvgIpc) is 3.29. The third-order valence-electron chi connectivity index (χ3n) is 4.67. The van der Waals surface area contributed by atoms with Crippen molar-refractivity contribution < 1.29 is 4.42 Å². The summed E-state index contributed by atoms with van der Waals surface area (Å²) in [5.74, 6) is 1.06. The van der Waals surface area contributed by atoms with Gasteiger partial charge in [0.1, 0.15) is 18.4 Å². The SMILES string of the molecule is CC[C@H](Cn1cncn1)NC[C@H](c1ccco1)N1CCCCC1. The molecule has 1 N–H and O–H groups in total. The van der Waals surface area contributed by atoms with E-state index in [4.69, 9.17) is 4.42 Å². The van der Waals surface area contributed by atoms with Gasteiger partial charge in [0.15, 0.2) is 0 Å². The van der Waals surface area contributed by atoms with Gasteiger partial charge in [-0.2, -0.15) is 5.10 Å². The number of likely N-dealkylation sites (tertiary alicyclic amines) is 1. The molecule has 0 radical (unpaired) electrons. The quantitative estimate of drug-likeness (QED) is 0.810. The van der Waals surface area contributed by atoms with Crippen LogP contribution >= 0.6 is 0 Å². The standard InChI is InChI=1S/C17H27N5O/c1-2-15(12-22-14-18-13-20-22)19-11-16(17-7-6-10-23-17)21-8-4-3-5-9-21/h6-7,10,13-16,19H,2-5,8-9,11-12H2,1H3/t15-,16-/m1/s1. The fraction of sp³-hybridized carbons (Fsp3) is 0.647. The van der Waals surface area contributed by atoms with E-state index >= 15 is 0 Å². The van der Waals surface area contributed by atoms with Crippen LogP contribution in [0.4, 0.5) is 0 Å². The molecule has 1 aliphatic heterocycles. The van der Waals surface area contributed by atoms with Gasteiger partial charge in [-0.25, -0.2) is 4.98 Å². The Morgan fingerprint density at radius 2 is 2.17 bits per heavy atom. The van der Waals surface area contributed by atoms with E-state index in [9.17, 15) is 0 Å². The van der Waals surface area contributed by atoms with Crippen LogP contribution < -0.4 is 5.32 Å². The molecule has 23 heavy (non-hydrogen) atoms. The predicted molar refractivity (Wildman–Crippen MR) is 89.0 cm³/mol. The van der Waals surface area contributed by atoms with Gasteiger partial charge in [0, 0.05) is 12.6 Å². The van der Waals surface area contributed by atoms with Crippen molar-refractivity contribution in [3.05, 3.63) is 36.8 Å². The van der Waals surface area contributed by atoms with Crippen molar-refractivity contribution in [3.8, 4) is 0 Å². The molecule has 0 spiro atoms. The normalized spacial score (nSPS) is 18.8. The van der Waals surface area contributed by atoms with Gasteiger partial charge < -0.3 is 9.73 Å². The highest BCUT2D eigenvalue weighted by molar-refractivity contribution is 5.06. The monoisotopic (exact) mass is 317 g/mol. The first-order chi connectivity index (χ1) is 11.4. The minimum absolute atomic E-state index is 0.315. The highest BCUT2D eigenvalue weighted by atomic mass is 16.3. The van der Waals surface area contributed by atoms with E-state index in [1.165, 1.54) is 19.3 Å². The molecule has 0 amide bonds. The van der Waals surface area contributed by atoms with Crippen molar-refractivity contribution in [1.29, 1.82) is 0 Å². The largest absolute Gasteiger partial charge is 0.468 e. The number of furan rings is 1. The van der Waals surface area contributed by atoms with E-state index in [0.29, 0.717) is 12.1 Å². The van der Waals surface area contributed by atoms with Crippen LogP contribution in [0.5, 0.6) is 0 Å². The first kappa shape index (κ1) is 16.2. The van der Waals surface area contributed by atoms with Crippen molar-refractivity contribution in [2.24, 2.45) is 0 Å². The predicted octanol–water partition coefficient (Wildman–Crippen LogP) is 2.47. The molecule has 126 valence electrons. The van der Waals surface area contributed by atoms with E-state index in [0.717, 1.165) is 38.4 Å². The zero-order chi connectivity index (χ0) is 15.9. The first-order valence-electron chi connectivity index (χ1n) is 8.70. The summed E-state index contributed by atoms with van der Waals surface area (Å²) in [6, 6.07) is 4.78. The van der Waals surface area contributed by atoms with E-state index in [-0.39, 0.29) is 0 Å². The summed E-state index contributed by atoms with van der Waals surface area (Å²) in [7, 11) is 0. The maximum absolute atomic E-state index is 5.71. The molecule has 6 heteroatoms. The Balaban J connectivity index is 1.60. The average molecular weight is 317 g/mol. The van der Waals surface area contributed by atoms with Gasteiger partial charge in [0.25, 0.3) is 0 Å². The molecule has 2 atom stereocenters. The zero-order valence-corrected chi connectivity index (χ0v) is 13.9. The van der Waals surface area contributed by atoms with Crippen LogP contribution in [0.25, 0.3) is 0 Å². The van der Waals surface area contributed by atoms with Gasteiger partial charge in [-0.3, -0.25) is 9.58 Å². The Morgan fingerprint density at radius 3 is 2.83 bits per heavy atom. The first-order valence-corrected chi connectivity index (χ1v) is 8.70. The lowest BCUT2D eigenvalue weighted by Gasteiger charge is -2.34. The number of hydrogen-bond donors (Lipinski definition) is 1. The summed E-state index contributed by atoms with van der Waals surface area (Å²) < 4.78 is 7.60. The molecule has 3 rings (SSSR count). The molecule has 1 aliphatic rings. The summed E-state index contributed by atoms with van der Waals surface area (Å²) in [4.78, 5) is 6.57. The molecule has 6 nitrogen and oxygen atoms in total. The second kappa shape index (κ2) is 8.26. The van der Waals surface area contributed by atoms with Gasteiger partial charge >= 0.3 is 0 Å². The summed E-state index contributed by atoms with van der Waals surface area (Å²) >= 11 is 0. The highest BCUT2D eigenvalue weighted by Gasteiger charge is 2.25. The highest BCUT2D eigenvalue weighted by Crippen LogP contribution is 2.24. The third-order valence-corrected chi connectivity index (χ3v) is 4.67. The molecule has 0 bridgehead atoms. The summed E-state index contributed by atoms with van der Waals surface area (Å²) in [5.41, 5.74) is 0. The minimum atomic E-state index is 0.315. The molecule has 2 aromatic heterocycles. The Morgan fingerprint density at radius 1 is 1.30 bits per heavy atom. The van der Waals surface area contributed by atoms with Gasteiger partial charge in [0.05, 0.1) is 18.8 Å². The van der Waals surface area contributed by atoms with Gasteiger partial charge in [0.2, 0.25) is 0 Å². The molecule has 0 aromatic carbocycles. The van der Waals surface area contributed by atoms with Crippen LogP contribution in [-0.2, 0) is 6.54 Å². The maximum atomic E-state index is 5.71. The molecule has 2 aromatic rings. The van der Waals surface area contributed by atoms with Crippen LogP contribution in [-0.4, -0.2) is 45.3 Å². The number of nitrogens with one attached hydrogen (secondary N) is 1. The molecular weight excluding hydrogens is 290 g/mol. The van der Waals surface area contributed by atoms with Gasteiger partial charge in [-0.05, 0) is 44.5 Å². The Hall–Kier alpha value is -1.66. The molecule has 0 saturated carbocycles. The lowest BCUT2D eigenvalue weighted by Crippen LogP contribution is -2.42. The van der Waals surface area contributed by atoms with E-state index < -0.39 is 0 Å². The van der Waals surface area contributed by atoms with Crippen molar-refractivity contribution in [2.75, 3.05) is 19.6 Å². The topological polar surface area (TPSA) is 59.1 Å².